The van der Waals surface area contributed by atoms with Crippen LogP contribution in [0, 0.1) is 13.8 Å². The second-order valence-corrected chi connectivity index (χ2v) is 4.72. The van der Waals surface area contributed by atoms with E-state index in [9.17, 15) is 9.90 Å². The molecule has 0 spiro atoms. The number of aryl methyl sites for hydroxylation is 2. The van der Waals surface area contributed by atoms with Crippen LogP contribution in [0.5, 0.6) is 11.5 Å². The Morgan fingerprint density at radius 2 is 1.80 bits per heavy atom. The van der Waals surface area contributed by atoms with Crippen molar-refractivity contribution in [1.29, 1.82) is 0 Å². The van der Waals surface area contributed by atoms with Gasteiger partial charge in [0.1, 0.15) is 6.61 Å². The Kier molecular flexibility index (Phi) is 3.94. The minimum atomic E-state index is -0.954. The molecule has 0 bridgehead atoms. The van der Waals surface area contributed by atoms with Crippen molar-refractivity contribution >= 4 is 5.97 Å². The fraction of sp³-hybridized carbons (Fsp3) is 0.188. The van der Waals surface area contributed by atoms with E-state index in [1.807, 2.05) is 19.9 Å². The van der Waals surface area contributed by atoms with Crippen LogP contribution >= 0.6 is 0 Å². The van der Waals surface area contributed by atoms with Gasteiger partial charge in [-0.15, -0.1) is 0 Å². The van der Waals surface area contributed by atoms with Gasteiger partial charge in [0.05, 0.1) is 5.56 Å². The summed E-state index contributed by atoms with van der Waals surface area (Å²) in [5, 5.41) is 18.7. The van der Waals surface area contributed by atoms with Crippen molar-refractivity contribution in [2.24, 2.45) is 0 Å². The zero-order chi connectivity index (χ0) is 14.7. The minimum Gasteiger partial charge on any atom is -0.504 e. The van der Waals surface area contributed by atoms with Gasteiger partial charge in [-0.25, -0.2) is 4.79 Å². The maximum atomic E-state index is 10.7. The molecule has 0 saturated heterocycles. The second-order valence-electron chi connectivity index (χ2n) is 4.72. The Morgan fingerprint density at radius 1 is 1.15 bits per heavy atom. The van der Waals surface area contributed by atoms with Crippen LogP contribution in [-0.4, -0.2) is 16.2 Å². The van der Waals surface area contributed by atoms with E-state index in [4.69, 9.17) is 9.84 Å². The zero-order valence-electron chi connectivity index (χ0n) is 11.4. The molecule has 0 fully saturated rings. The van der Waals surface area contributed by atoms with Crippen molar-refractivity contribution in [3.05, 3.63) is 58.7 Å². The van der Waals surface area contributed by atoms with Crippen molar-refractivity contribution in [1.82, 2.24) is 0 Å². The van der Waals surface area contributed by atoms with Gasteiger partial charge in [-0.3, -0.25) is 0 Å². The van der Waals surface area contributed by atoms with Crippen LogP contribution in [0.25, 0.3) is 0 Å². The van der Waals surface area contributed by atoms with Gasteiger partial charge in [0.25, 0.3) is 0 Å². The molecule has 4 nitrogen and oxygen atoms in total. The largest absolute Gasteiger partial charge is 0.504 e. The average Bonchev–Trinajstić information content (AvgIpc) is 2.38. The predicted molar refractivity (Wildman–Crippen MR) is 75.3 cm³/mol. The smallest absolute Gasteiger partial charge is 0.335 e. The average molecular weight is 272 g/mol. The highest BCUT2D eigenvalue weighted by Gasteiger charge is 2.08. The Morgan fingerprint density at radius 3 is 2.35 bits per heavy atom. The second kappa shape index (κ2) is 5.65. The number of carboxylic acids is 1. The first-order valence-electron chi connectivity index (χ1n) is 6.22. The summed E-state index contributed by atoms with van der Waals surface area (Å²) in [6.45, 7) is 4.05. The lowest BCUT2D eigenvalue weighted by molar-refractivity contribution is 0.0697. The van der Waals surface area contributed by atoms with Gasteiger partial charge < -0.3 is 14.9 Å². The molecular weight excluding hydrogens is 256 g/mol. The van der Waals surface area contributed by atoms with Gasteiger partial charge in [0, 0.05) is 0 Å². The monoisotopic (exact) mass is 272 g/mol. The van der Waals surface area contributed by atoms with Crippen LogP contribution in [0.15, 0.2) is 36.4 Å². The molecule has 0 aliphatic carbocycles. The summed E-state index contributed by atoms with van der Waals surface area (Å²) in [5.41, 5.74) is 2.92. The van der Waals surface area contributed by atoms with E-state index >= 15 is 0 Å². The van der Waals surface area contributed by atoms with E-state index in [-0.39, 0.29) is 17.9 Å². The molecule has 0 saturated carbocycles. The third kappa shape index (κ3) is 3.09. The lowest BCUT2D eigenvalue weighted by Crippen LogP contribution is -2.00. The number of carboxylic acid groups (broad SMARTS) is 1. The van der Waals surface area contributed by atoms with Crippen LogP contribution in [0.3, 0.4) is 0 Å². The summed E-state index contributed by atoms with van der Waals surface area (Å²) in [6.07, 6.45) is 0. The number of phenols is 1. The molecule has 104 valence electrons. The first kappa shape index (κ1) is 13.9. The van der Waals surface area contributed by atoms with Crippen molar-refractivity contribution in [2.45, 2.75) is 20.5 Å². The molecule has 2 N–H and O–H groups in total. The number of aromatic carboxylic acids is 1. The van der Waals surface area contributed by atoms with E-state index < -0.39 is 5.97 Å². The van der Waals surface area contributed by atoms with Crippen LogP contribution in [0.1, 0.15) is 27.0 Å². The first-order chi connectivity index (χ1) is 9.47. The molecule has 0 amide bonds. The molecule has 0 aliphatic heterocycles. The number of carbonyl (C=O) groups is 1. The van der Waals surface area contributed by atoms with E-state index in [1.54, 1.807) is 18.2 Å². The molecule has 0 heterocycles. The number of rotatable bonds is 4. The summed E-state index contributed by atoms with van der Waals surface area (Å²) in [7, 11) is 0. The zero-order valence-corrected chi connectivity index (χ0v) is 11.4. The van der Waals surface area contributed by atoms with Gasteiger partial charge in [-0.2, -0.15) is 0 Å². The topological polar surface area (TPSA) is 66.8 Å². The Bertz CT molecular complexity index is 606. The van der Waals surface area contributed by atoms with E-state index in [2.05, 4.69) is 0 Å². The fourth-order valence-corrected chi connectivity index (χ4v) is 2.02. The van der Waals surface area contributed by atoms with Crippen LogP contribution < -0.4 is 4.74 Å². The molecule has 0 atom stereocenters. The van der Waals surface area contributed by atoms with Crippen molar-refractivity contribution in [3.63, 3.8) is 0 Å². The standard InChI is InChI=1S/C16H16O4/c1-10-7-11(2)15(14(17)8-10)20-9-12-3-5-13(6-4-12)16(18)19/h3-8,17H,9H2,1-2H3,(H,18,19). The molecule has 0 unspecified atom stereocenters. The number of benzene rings is 2. The fourth-order valence-electron chi connectivity index (χ4n) is 2.02. The quantitative estimate of drug-likeness (QED) is 0.896. The van der Waals surface area contributed by atoms with Crippen molar-refractivity contribution < 1.29 is 19.7 Å². The molecule has 0 aromatic heterocycles. The highest BCUT2D eigenvalue weighted by molar-refractivity contribution is 5.87. The molecule has 0 radical (unpaired) electrons. The Labute approximate surface area is 117 Å². The summed E-state index contributed by atoms with van der Waals surface area (Å²) in [5.74, 6) is -0.382. The van der Waals surface area contributed by atoms with Crippen LogP contribution in [0.4, 0.5) is 0 Å². The lowest BCUT2D eigenvalue weighted by Gasteiger charge is -2.12. The molecule has 4 heteroatoms. The number of hydrogen-bond acceptors (Lipinski definition) is 3. The Balaban J connectivity index is 2.11. The third-order valence-electron chi connectivity index (χ3n) is 2.98. The Hall–Kier alpha value is -2.49. The molecule has 20 heavy (non-hydrogen) atoms. The maximum Gasteiger partial charge on any atom is 0.335 e. The highest BCUT2D eigenvalue weighted by Crippen LogP contribution is 2.31. The van der Waals surface area contributed by atoms with Crippen LogP contribution in [0.2, 0.25) is 0 Å². The highest BCUT2D eigenvalue weighted by atomic mass is 16.5. The van der Waals surface area contributed by atoms with E-state index in [0.29, 0.717) is 5.75 Å². The first-order valence-corrected chi connectivity index (χ1v) is 6.22. The SMILES string of the molecule is Cc1cc(C)c(OCc2ccc(C(=O)O)cc2)c(O)c1. The minimum absolute atomic E-state index is 0.115. The summed E-state index contributed by atoms with van der Waals surface area (Å²) < 4.78 is 5.61. The lowest BCUT2D eigenvalue weighted by atomic mass is 10.1. The van der Waals surface area contributed by atoms with Crippen molar-refractivity contribution in [3.8, 4) is 11.5 Å². The van der Waals surface area contributed by atoms with E-state index in [0.717, 1.165) is 16.7 Å². The normalized spacial score (nSPS) is 10.3. The predicted octanol–water partition coefficient (Wildman–Crippen LogP) is 3.29. The van der Waals surface area contributed by atoms with E-state index in [1.165, 1.54) is 12.1 Å². The number of aromatic hydroxyl groups is 1. The van der Waals surface area contributed by atoms with Crippen LogP contribution in [-0.2, 0) is 6.61 Å². The number of ether oxygens (including phenoxy) is 1. The molecule has 2 rings (SSSR count). The van der Waals surface area contributed by atoms with Gasteiger partial charge in [0.15, 0.2) is 11.5 Å². The van der Waals surface area contributed by atoms with Gasteiger partial charge >= 0.3 is 5.97 Å². The maximum absolute atomic E-state index is 10.7. The molecule has 2 aromatic carbocycles. The van der Waals surface area contributed by atoms with Gasteiger partial charge in [0.2, 0.25) is 0 Å². The molecule has 2 aromatic rings. The third-order valence-corrected chi connectivity index (χ3v) is 2.98. The number of hydrogen-bond donors (Lipinski definition) is 2. The van der Waals surface area contributed by atoms with Gasteiger partial charge in [-0.05, 0) is 48.7 Å². The molecular formula is C16H16O4. The summed E-state index contributed by atoms with van der Waals surface area (Å²) >= 11 is 0. The molecule has 0 aliphatic rings. The summed E-state index contributed by atoms with van der Waals surface area (Å²) in [4.78, 5) is 10.7. The van der Waals surface area contributed by atoms with Crippen molar-refractivity contribution in [2.75, 3.05) is 0 Å². The number of phenolic OH excluding ortho intramolecular Hbond substituents is 1. The summed E-state index contributed by atoms with van der Waals surface area (Å²) in [6, 6.07) is 10.0. The van der Waals surface area contributed by atoms with Gasteiger partial charge in [-0.1, -0.05) is 18.2 Å².